The second-order valence-electron chi connectivity index (χ2n) is 5.14. The van der Waals surface area contributed by atoms with Crippen LogP contribution in [0.15, 0.2) is 12.1 Å². The standard InChI is InChI=1S/C14H18F2N2O3/c1-4-8(2)7-9(3)17-14(19)12-10(15)5-6-11(13(12)16)18(20)21/h5-6,8-9H,4,7H2,1-3H3,(H,17,19). The molecule has 1 aromatic rings. The Morgan fingerprint density at radius 1 is 1.38 bits per heavy atom. The number of halogens is 2. The Morgan fingerprint density at radius 3 is 2.52 bits per heavy atom. The van der Waals surface area contributed by atoms with Crippen molar-refractivity contribution < 1.29 is 18.5 Å². The van der Waals surface area contributed by atoms with Gasteiger partial charge >= 0.3 is 5.69 Å². The molecule has 1 rings (SSSR count). The molecule has 2 unspecified atom stereocenters. The first-order valence-electron chi connectivity index (χ1n) is 6.71. The third-order valence-electron chi connectivity index (χ3n) is 3.32. The van der Waals surface area contributed by atoms with Gasteiger partial charge in [0.15, 0.2) is 0 Å². The molecule has 0 saturated carbocycles. The van der Waals surface area contributed by atoms with Gasteiger partial charge in [-0.25, -0.2) is 4.39 Å². The molecule has 21 heavy (non-hydrogen) atoms. The third kappa shape index (κ3) is 4.21. The zero-order valence-electron chi connectivity index (χ0n) is 12.2. The predicted octanol–water partition coefficient (Wildman–Crippen LogP) is 3.43. The van der Waals surface area contributed by atoms with E-state index < -0.39 is 33.7 Å². The van der Waals surface area contributed by atoms with Gasteiger partial charge in [0.05, 0.1) is 4.92 Å². The Kier molecular flexibility index (Phi) is 5.75. The van der Waals surface area contributed by atoms with Crippen LogP contribution in [0.25, 0.3) is 0 Å². The maximum atomic E-state index is 13.9. The van der Waals surface area contributed by atoms with E-state index in [-0.39, 0.29) is 6.04 Å². The van der Waals surface area contributed by atoms with Gasteiger partial charge in [0, 0.05) is 12.1 Å². The van der Waals surface area contributed by atoms with E-state index in [2.05, 4.69) is 5.32 Å². The van der Waals surface area contributed by atoms with Crippen LogP contribution < -0.4 is 5.32 Å². The summed E-state index contributed by atoms with van der Waals surface area (Å²) in [4.78, 5) is 21.6. The summed E-state index contributed by atoms with van der Waals surface area (Å²) in [5.41, 5.74) is -1.84. The Bertz CT molecular complexity index is 549. The molecular formula is C14H18F2N2O3. The molecule has 7 heteroatoms. The van der Waals surface area contributed by atoms with Crippen LogP contribution in [0.3, 0.4) is 0 Å². The van der Waals surface area contributed by atoms with E-state index in [0.717, 1.165) is 12.5 Å². The van der Waals surface area contributed by atoms with Crippen LogP contribution in [0.2, 0.25) is 0 Å². The predicted molar refractivity (Wildman–Crippen MR) is 74.0 cm³/mol. The largest absolute Gasteiger partial charge is 0.349 e. The monoisotopic (exact) mass is 300 g/mol. The van der Waals surface area contributed by atoms with Gasteiger partial charge in [0.25, 0.3) is 5.91 Å². The van der Waals surface area contributed by atoms with Crippen LogP contribution >= 0.6 is 0 Å². The summed E-state index contributed by atoms with van der Waals surface area (Å²) in [6.07, 6.45) is 1.57. The summed E-state index contributed by atoms with van der Waals surface area (Å²) >= 11 is 0. The van der Waals surface area contributed by atoms with Crippen LogP contribution in [-0.2, 0) is 0 Å². The highest BCUT2D eigenvalue weighted by Gasteiger charge is 2.26. The molecule has 0 radical (unpaired) electrons. The number of nitrogens with zero attached hydrogens (tertiary/aromatic N) is 1. The minimum absolute atomic E-state index is 0.287. The number of hydrogen-bond acceptors (Lipinski definition) is 3. The summed E-state index contributed by atoms with van der Waals surface area (Å²) in [6.45, 7) is 5.72. The van der Waals surface area contributed by atoms with Crippen LogP contribution in [0.5, 0.6) is 0 Å². The highest BCUT2D eigenvalue weighted by Crippen LogP contribution is 2.23. The lowest BCUT2D eigenvalue weighted by Crippen LogP contribution is -2.35. The number of nitro benzene ring substituents is 1. The summed E-state index contributed by atoms with van der Waals surface area (Å²) < 4.78 is 27.5. The van der Waals surface area contributed by atoms with Gasteiger partial charge in [-0.3, -0.25) is 14.9 Å². The minimum atomic E-state index is -1.45. The molecule has 0 fully saturated rings. The zero-order valence-corrected chi connectivity index (χ0v) is 12.2. The maximum Gasteiger partial charge on any atom is 0.305 e. The number of hydrogen-bond donors (Lipinski definition) is 1. The molecule has 1 amide bonds. The first-order chi connectivity index (χ1) is 9.77. The second-order valence-corrected chi connectivity index (χ2v) is 5.14. The molecule has 1 N–H and O–H groups in total. The van der Waals surface area contributed by atoms with Crippen LogP contribution in [0.4, 0.5) is 14.5 Å². The molecule has 0 aromatic heterocycles. The lowest BCUT2D eigenvalue weighted by molar-refractivity contribution is -0.387. The topological polar surface area (TPSA) is 72.2 Å². The molecular weight excluding hydrogens is 282 g/mol. The van der Waals surface area contributed by atoms with Crippen LogP contribution in [0, 0.1) is 27.7 Å². The van der Waals surface area contributed by atoms with Crippen molar-refractivity contribution in [1.82, 2.24) is 5.32 Å². The van der Waals surface area contributed by atoms with E-state index in [1.807, 2.05) is 13.8 Å². The van der Waals surface area contributed by atoms with E-state index in [4.69, 9.17) is 0 Å². The summed E-state index contributed by atoms with van der Waals surface area (Å²) in [5.74, 6) is -3.20. The average molecular weight is 300 g/mol. The van der Waals surface area contributed by atoms with Crippen molar-refractivity contribution in [3.05, 3.63) is 39.4 Å². The third-order valence-corrected chi connectivity index (χ3v) is 3.32. The first-order valence-corrected chi connectivity index (χ1v) is 6.71. The van der Waals surface area contributed by atoms with Crippen molar-refractivity contribution >= 4 is 11.6 Å². The van der Waals surface area contributed by atoms with E-state index in [9.17, 15) is 23.7 Å². The fourth-order valence-corrected chi connectivity index (χ4v) is 2.02. The fourth-order valence-electron chi connectivity index (χ4n) is 2.02. The second kappa shape index (κ2) is 7.10. The Balaban J connectivity index is 2.97. The van der Waals surface area contributed by atoms with Crippen molar-refractivity contribution in [3.63, 3.8) is 0 Å². The number of carbonyl (C=O) groups excluding carboxylic acids is 1. The SMILES string of the molecule is CCC(C)CC(C)NC(=O)c1c(F)ccc([N+](=O)[O-])c1F. The smallest absolute Gasteiger partial charge is 0.305 e. The fraction of sp³-hybridized carbons (Fsp3) is 0.500. The van der Waals surface area contributed by atoms with E-state index in [0.29, 0.717) is 18.4 Å². The molecule has 0 spiro atoms. The molecule has 0 bridgehead atoms. The molecule has 2 atom stereocenters. The lowest BCUT2D eigenvalue weighted by Gasteiger charge is -2.17. The lowest BCUT2D eigenvalue weighted by atomic mass is 10.00. The number of benzene rings is 1. The number of rotatable bonds is 6. The number of nitro groups is 1. The quantitative estimate of drug-likeness (QED) is 0.646. The van der Waals surface area contributed by atoms with Crippen molar-refractivity contribution in [2.24, 2.45) is 5.92 Å². The van der Waals surface area contributed by atoms with Crippen LogP contribution in [0.1, 0.15) is 44.0 Å². The molecule has 1 aromatic carbocycles. The number of carbonyl (C=O) groups is 1. The molecule has 5 nitrogen and oxygen atoms in total. The van der Waals surface area contributed by atoms with E-state index in [1.165, 1.54) is 0 Å². The summed E-state index contributed by atoms with van der Waals surface area (Å²) in [7, 11) is 0. The average Bonchev–Trinajstić information content (AvgIpc) is 2.37. The van der Waals surface area contributed by atoms with Crippen molar-refractivity contribution in [3.8, 4) is 0 Å². The van der Waals surface area contributed by atoms with Crippen molar-refractivity contribution in [2.75, 3.05) is 0 Å². The highest BCUT2D eigenvalue weighted by atomic mass is 19.1. The van der Waals surface area contributed by atoms with Gasteiger partial charge in [0.2, 0.25) is 5.82 Å². The van der Waals surface area contributed by atoms with E-state index in [1.54, 1.807) is 6.92 Å². The highest BCUT2D eigenvalue weighted by molar-refractivity contribution is 5.95. The normalized spacial score (nSPS) is 13.6. The Labute approximate surface area is 121 Å². The van der Waals surface area contributed by atoms with Crippen molar-refractivity contribution in [1.29, 1.82) is 0 Å². The maximum absolute atomic E-state index is 13.9. The van der Waals surface area contributed by atoms with Crippen LogP contribution in [-0.4, -0.2) is 16.9 Å². The molecule has 0 aliphatic rings. The van der Waals surface area contributed by atoms with Crippen molar-refractivity contribution in [2.45, 2.75) is 39.7 Å². The first kappa shape index (κ1) is 17.0. The Hall–Kier alpha value is -2.05. The molecule has 0 saturated heterocycles. The zero-order chi connectivity index (χ0) is 16.2. The number of amides is 1. The van der Waals surface area contributed by atoms with Gasteiger partial charge in [-0.05, 0) is 25.3 Å². The summed E-state index contributed by atoms with van der Waals surface area (Å²) in [6, 6.07) is 1.13. The number of nitrogens with one attached hydrogen (secondary N) is 1. The van der Waals surface area contributed by atoms with Gasteiger partial charge in [-0.1, -0.05) is 20.3 Å². The molecule has 0 aliphatic heterocycles. The van der Waals surface area contributed by atoms with E-state index >= 15 is 0 Å². The molecule has 0 heterocycles. The van der Waals surface area contributed by atoms with Gasteiger partial charge in [-0.15, -0.1) is 0 Å². The van der Waals surface area contributed by atoms with Gasteiger partial charge < -0.3 is 5.32 Å². The van der Waals surface area contributed by atoms with Gasteiger partial charge in [0.1, 0.15) is 11.4 Å². The Morgan fingerprint density at radius 2 is 2.00 bits per heavy atom. The minimum Gasteiger partial charge on any atom is -0.349 e. The molecule has 0 aliphatic carbocycles. The summed E-state index contributed by atoms with van der Waals surface area (Å²) in [5, 5.41) is 13.1. The molecule has 116 valence electrons. The van der Waals surface area contributed by atoms with Gasteiger partial charge in [-0.2, -0.15) is 4.39 Å².